The normalized spacial score (nSPS) is 35.1. The highest BCUT2D eigenvalue weighted by Gasteiger charge is 2.41. The van der Waals surface area contributed by atoms with Crippen LogP contribution in [0, 0.1) is 11.8 Å². The molecule has 3 unspecified atom stereocenters. The zero-order valence-corrected chi connectivity index (χ0v) is 8.92. The molecule has 0 radical (unpaired) electrons. The summed E-state index contributed by atoms with van der Waals surface area (Å²) in [5.41, 5.74) is 8.14. The van der Waals surface area contributed by atoms with Gasteiger partial charge >= 0.3 is 0 Å². The van der Waals surface area contributed by atoms with Crippen LogP contribution in [-0.4, -0.2) is 42.3 Å². The lowest BCUT2D eigenvalue weighted by Crippen LogP contribution is -2.26. The summed E-state index contributed by atoms with van der Waals surface area (Å²) in [5, 5.41) is 13.3. The third-order valence-corrected chi connectivity index (χ3v) is 3.69. The number of aliphatic hydroxyl groups is 1. The van der Waals surface area contributed by atoms with Crippen molar-refractivity contribution in [1.29, 1.82) is 0 Å². The van der Waals surface area contributed by atoms with E-state index in [1.165, 1.54) is 6.42 Å². The third-order valence-electron chi connectivity index (χ3n) is 3.69. The summed E-state index contributed by atoms with van der Waals surface area (Å²) in [6, 6.07) is 0. The summed E-state index contributed by atoms with van der Waals surface area (Å²) in [6.45, 7) is 3.74. The van der Waals surface area contributed by atoms with E-state index in [1.54, 1.807) is 0 Å². The first-order valence-electron chi connectivity index (χ1n) is 5.72. The van der Waals surface area contributed by atoms with Gasteiger partial charge in [0.2, 0.25) is 0 Å². The zero-order chi connectivity index (χ0) is 10.7. The van der Waals surface area contributed by atoms with Crippen molar-refractivity contribution in [2.45, 2.75) is 25.4 Å². The van der Waals surface area contributed by atoms with Crippen LogP contribution in [0.15, 0.2) is 5.11 Å². The predicted octanol–water partition coefficient (Wildman–Crippen LogP) is 1.39. The van der Waals surface area contributed by atoms with Crippen molar-refractivity contribution in [2.75, 3.05) is 26.2 Å². The Balaban J connectivity index is 1.71. The molecule has 0 amide bonds. The van der Waals surface area contributed by atoms with E-state index in [9.17, 15) is 5.11 Å². The average molecular weight is 210 g/mol. The molecule has 1 heterocycles. The molecule has 0 aromatic heterocycles. The molecule has 2 aliphatic rings. The van der Waals surface area contributed by atoms with E-state index in [-0.39, 0.29) is 6.10 Å². The summed E-state index contributed by atoms with van der Waals surface area (Å²) >= 11 is 0. The molecule has 1 N–H and O–H groups in total. The van der Waals surface area contributed by atoms with Crippen LogP contribution in [0.25, 0.3) is 10.4 Å². The van der Waals surface area contributed by atoms with Crippen LogP contribution >= 0.6 is 0 Å². The summed E-state index contributed by atoms with van der Waals surface area (Å²) < 4.78 is 0. The van der Waals surface area contributed by atoms with Crippen LogP contribution in [0.1, 0.15) is 19.3 Å². The fourth-order valence-electron chi connectivity index (χ4n) is 2.92. The number of likely N-dealkylation sites (tertiary alicyclic amines) is 1. The van der Waals surface area contributed by atoms with E-state index in [2.05, 4.69) is 14.9 Å². The topological polar surface area (TPSA) is 72.2 Å². The second kappa shape index (κ2) is 4.84. The minimum Gasteiger partial charge on any atom is -0.393 e. The van der Waals surface area contributed by atoms with Crippen LogP contribution in [0.2, 0.25) is 0 Å². The monoisotopic (exact) mass is 210 g/mol. The van der Waals surface area contributed by atoms with E-state index < -0.39 is 0 Å². The number of fused-ring (bicyclic) bond motifs is 1. The van der Waals surface area contributed by atoms with Crippen LogP contribution in [-0.2, 0) is 0 Å². The van der Waals surface area contributed by atoms with Crippen LogP contribution < -0.4 is 0 Å². The smallest absolute Gasteiger partial charge is 0.0583 e. The summed E-state index contributed by atoms with van der Waals surface area (Å²) in [6.07, 6.45) is 3.03. The lowest BCUT2D eigenvalue weighted by molar-refractivity contribution is 0.124. The minimum absolute atomic E-state index is 0.0721. The molecule has 1 aliphatic carbocycles. The van der Waals surface area contributed by atoms with Gasteiger partial charge < -0.3 is 10.0 Å². The van der Waals surface area contributed by atoms with Gasteiger partial charge in [-0.25, -0.2) is 0 Å². The SMILES string of the molecule is [N-]=[N+]=NCCCN1CC2CCC(O)C2C1. The Morgan fingerprint density at radius 2 is 2.27 bits per heavy atom. The van der Waals surface area contributed by atoms with Gasteiger partial charge in [0.25, 0.3) is 0 Å². The minimum atomic E-state index is -0.0721. The molecule has 0 aromatic rings. The van der Waals surface area contributed by atoms with Crippen molar-refractivity contribution >= 4 is 0 Å². The molecule has 1 saturated heterocycles. The van der Waals surface area contributed by atoms with Crippen molar-refractivity contribution in [2.24, 2.45) is 17.0 Å². The average Bonchev–Trinajstić information content (AvgIpc) is 2.76. The Morgan fingerprint density at radius 3 is 3.00 bits per heavy atom. The van der Waals surface area contributed by atoms with Crippen molar-refractivity contribution < 1.29 is 5.11 Å². The number of hydrogen-bond acceptors (Lipinski definition) is 3. The highest BCUT2D eigenvalue weighted by atomic mass is 16.3. The largest absolute Gasteiger partial charge is 0.393 e. The second-order valence-electron chi connectivity index (χ2n) is 4.64. The summed E-state index contributed by atoms with van der Waals surface area (Å²) in [7, 11) is 0. The maximum atomic E-state index is 9.73. The molecular weight excluding hydrogens is 192 g/mol. The van der Waals surface area contributed by atoms with E-state index in [4.69, 9.17) is 5.53 Å². The predicted molar refractivity (Wildman–Crippen MR) is 57.3 cm³/mol. The molecule has 15 heavy (non-hydrogen) atoms. The highest BCUT2D eigenvalue weighted by Crippen LogP contribution is 2.37. The Labute approximate surface area is 89.7 Å². The Bertz CT molecular complexity index is 264. The van der Waals surface area contributed by atoms with Crippen molar-refractivity contribution in [3.63, 3.8) is 0 Å². The number of azide groups is 1. The molecule has 3 atom stereocenters. The van der Waals surface area contributed by atoms with Gasteiger partial charge in [-0.05, 0) is 37.3 Å². The standard InChI is InChI=1S/C10H18N4O/c11-13-12-4-1-5-14-6-8-2-3-10(15)9(8)7-14/h8-10,15H,1-7H2. The van der Waals surface area contributed by atoms with Gasteiger partial charge in [-0.1, -0.05) is 5.11 Å². The van der Waals surface area contributed by atoms with E-state index in [0.29, 0.717) is 18.4 Å². The molecule has 2 fully saturated rings. The van der Waals surface area contributed by atoms with Gasteiger partial charge in [0.1, 0.15) is 0 Å². The van der Waals surface area contributed by atoms with Crippen molar-refractivity contribution in [3.05, 3.63) is 10.4 Å². The number of rotatable bonds is 4. The van der Waals surface area contributed by atoms with Gasteiger partial charge in [0.15, 0.2) is 0 Å². The zero-order valence-electron chi connectivity index (χ0n) is 8.92. The van der Waals surface area contributed by atoms with Crippen LogP contribution in [0.4, 0.5) is 0 Å². The number of nitrogens with zero attached hydrogens (tertiary/aromatic N) is 4. The Morgan fingerprint density at radius 1 is 1.40 bits per heavy atom. The molecule has 1 aliphatic heterocycles. The molecule has 5 heteroatoms. The maximum Gasteiger partial charge on any atom is 0.0583 e. The first-order chi connectivity index (χ1) is 7.31. The lowest BCUT2D eigenvalue weighted by atomic mass is 10.00. The first-order valence-corrected chi connectivity index (χ1v) is 5.72. The fourth-order valence-corrected chi connectivity index (χ4v) is 2.92. The number of aliphatic hydroxyl groups excluding tert-OH is 1. The van der Waals surface area contributed by atoms with Crippen LogP contribution in [0.3, 0.4) is 0 Å². The molecule has 84 valence electrons. The molecule has 1 saturated carbocycles. The lowest BCUT2D eigenvalue weighted by Gasteiger charge is -2.17. The second-order valence-corrected chi connectivity index (χ2v) is 4.64. The van der Waals surface area contributed by atoms with Gasteiger partial charge in [-0.2, -0.15) is 0 Å². The van der Waals surface area contributed by atoms with Crippen LogP contribution in [0.5, 0.6) is 0 Å². The van der Waals surface area contributed by atoms with E-state index in [1.807, 2.05) is 0 Å². The Hall–Kier alpha value is -0.770. The van der Waals surface area contributed by atoms with Gasteiger partial charge in [-0.15, -0.1) is 0 Å². The quantitative estimate of drug-likeness (QED) is 0.329. The summed E-state index contributed by atoms with van der Waals surface area (Å²) in [5.74, 6) is 1.21. The molecule has 0 aromatic carbocycles. The van der Waals surface area contributed by atoms with Crippen molar-refractivity contribution in [3.8, 4) is 0 Å². The Kier molecular flexibility index (Phi) is 3.46. The molecule has 0 spiro atoms. The van der Waals surface area contributed by atoms with Gasteiger partial charge in [0, 0.05) is 30.5 Å². The van der Waals surface area contributed by atoms with Crippen molar-refractivity contribution in [1.82, 2.24) is 4.90 Å². The molecule has 2 rings (SSSR count). The maximum absolute atomic E-state index is 9.73. The first kappa shape index (κ1) is 10.7. The molecule has 5 nitrogen and oxygen atoms in total. The summed E-state index contributed by atoms with van der Waals surface area (Å²) in [4.78, 5) is 5.13. The van der Waals surface area contributed by atoms with Gasteiger partial charge in [-0.3, -0.25) is 0 Å². The molecule has 0 bridgehead atoms. The fraction of sp³-hybridized carbons (Fsp3) is 1.00. The van der Waals surface area contributed by atoms with E-state index in [0.717, 1.165) is 32.5 Å². The van der Waals surface area contributed by atoms with E-state index >= 15 is 0 Å². The highest BCUT2D eigenvalue weighted by molar-refractivity contribution is 4.93. The number of hydrogen-bond donors (Lipinski definition) is 1. The van der Waals surface area contributed by atoms with Gasteiger partial charge in [0.05, 0.1) is 6.10 Å². The third kappa shape index (κ3) is 2.43. The molecular formula is C10H18N4O.